The molecule has 0 spiro atoms. The van der Waals surface area contributed by atoms with Gasteiger partial charge in [-0.1, -0.05) is 0 Å². The van der Waals surface area contributed by atoms with E-state index in [0.29, 0.717) is 35.6 Å². The minimum absolute atomic E-state index is 0.104. The van der Waals surface area contributed by atoms with E-state index in [1.807, 2.05) is 6.92 Å². The molecule has 19 heavy (non-hydrogen) atoms. The van der Waals surface area contributed by atoms with Gasteiger partial charge in [0.15, 0.2) is 18.1 Å². The number of nitrogens with zero attached hydrogens (tertiary/aromatic N) is 1. The van der Waals surface area contributed by atoms with Gasteiger partial charge in [-0.15, -0.1) is 0 Å². The molecule has 0 saturated carbocycles. The van der Waals surface area contributed by atoms with Gasteiger partial charge in [-0.3, -0.25) is 9.59 Å². The lowest BCUT2D eigenvalue weighted by molar-refractivity contribution is -0.121. The number of hydrogen-bond donors (Lipinski definition) is 1. The van der Waals surface area contributed by atoms with Crippen molar-refractivity contribution < 1.29 is 24.2 Å². The van der Waals surface area contributed by atoms with E-state index < -0.39 is 0 Å². The molecule has 0 atom stereocenters. The standard InChI is InChI=1S/C13H15NO5/c1-2-18-11-6-9(7-16)5-10-13(11)19-8-12(17)14(10)3-4-15/h5-7,15H,2-4,8H2,1H3. The third-order valence-corrected chi connectivity index (χ3v) is 2.75. The number of amides is 1. The summed E-state index contributed by atoms with van der Waals surface area (Å²) in [6.07, 6.45) is 0.680. The van der Waals surface area contributed by atoms with E-state index in [9.17, 15) is 9.59 Å². The van der Waals surface area contributed by atoms with Gasteiger partial charge in [0, 0.05) is 12.1 Å². The number of carbonyl (C=O) groups excluding carboxylic acids is 2. The highest BCUT2D eigenvalue weighted by Crippen LogP contribution is 2.41. The van der Waals surface area contributed by atoms with E-state index in [0.717, 1.165) is 0 Å². The highest BCUT2D eigenvalue weighted by molar-refractivity contribution is 5.99. The van der Waals surface area contributed by atoms with Crippen LogP contribution < -0.4 is 14.4 Å². The van der Waals surface area contributed by atoms with Crippen LogP contribution in [-0.4, -0.2) is 43.7 Å². The number of anilines is 1. The lowest BCUT2D eigenvalue weighted by Gasteiger charge is -2.30. The number of ether oxygens (including phenoxy) is 2. The quantitative estimate of drug-likeness (QED) is 0.790. The molecule has 1 aliphatic heterocycles. The summed E-state index contributed by atoms with van der Waals surface area (Å²) in [6, 6.07) is 3.12. The van der Waals surface area contributed by atoms with E-state index in [2.05, 4.69) is 0 Å². The third-order valence-electron chi connectivity index (χ3n) is 2.75. The van der Waals surface area contributed by atoms with Crippen LogP contribution in [0.5, 0.6) is 11.5 Å². The molecule has 2 rings (SSSR count). The van der Waals surface area contributed by atoms with Gasteiger partial charge in [0.1, 0.15) is 6.29 Å². The maximum absolute atomic E-state index is 11.8. The van der Waals surface area contributed by atoms with E-state index in [1.54, 1.807) is 12.1 Å². The molecule has 1 aromatic rings. The normalized spacial score (nSPS) is 13.8. The Morgan fingerprint density at radius 3 is 2.95 bits per heavy atom. The van der Waals surface area contributed by atoms with Gasteiger partial charge in [-0.25, -0.2) is 0 Å². The summed E-state index contributed by atoms with van der Waals surface area (Å²) in [7, 11) is 0. The number of β-amino-alcohol motifs (C(OH)–C–C–N with tert-alkyl or cyclic N) is 1. The molecule has 1 amide bonds. The fourth-order valence-corrected chi connectivity index (χ4v) is 1.98. The van der Waals surface area contributed by atoms with E-state index in [-0.39, 0.29) is 25.7 Å². The average molecular weight is 265 g/mol. The molecule has 0 aromatic heterocycles. The van der Waals surface area contributed by atoms with Gasteiger partial charge in [0.05, 0.1) is 18.9 Å². The first kappa shape index (κ1) is 13.4. The first-order chi connectivity index (χ1) is 9.21. The van der Waals surface area contributed by atoms with Gasteiger partial charge >= 0.3 is 0 Å². The SMILES string of the molecule is CCOc1cc(C=O)cc2c1OCC(=O)N2CCO. The number of aliphatic hydroxyl groups is 1. The zero-order valence-electron chi connectivity index (χ0n) is 10.6. The van der Waals surface area contributed by atoms with Crippen molar-refractivity contribution in [3.05, 3.63) is 17.7 Å². The minimum Gasteiger partial charge on any atom is -0.490 e. The van der Waals surface area contributed by atoms with Crippen molar-refractivity contribution in [1.29, 1.82) is 0 Å². The average Bonchev–Trinajstić information content (AvgIpc) is 2.42. The first-order valence-electron chi connectivity index (χ1n) is 6.01. The maximum Gasteiger partial charge on any atom is 0.265 e. The van der Waals surface area contributed by atoms with E-state index in [4.69, 9.17) is 14.6 Å². The second-order valence-electron chi connectivity index (χ2n) is 3.98. The number of aliphatic hydroxyl groups excluding tert-OH is 1. The van der Waals surface area contributed by atoms with Gasteiger partial charge in [0.2, 0.25) is 0 Å². The summed E-state index contributed by atoms with van der Waals surface area (Å²) in [5, 5.41) is 9.03. The van der Waals surface area contributed by atoms with Crippen molar-refractivity contribution in [2.75, 3.05) is 31.3 Å². The van der Waals surface area contributed by atoms with Gasteiger partial charge < -0.3 is 19.5 Å². The third kappa shape index (κ3) is 2.53. The molecule has 0 unspecified atom stereocenters. The number of fused-ring (bicyclic) bond motifs is 1. The van der Waals surface area contributed by atoms with Crippen molar-refractivity contribution >= 4 is 17.9 Å². The summed E-state index contributed by atoms with van der Waals surface area (Å²) < 4.78 is 10.8. The van der Waals surface area contributed by atoms with Crippen LogP contribution in [0.25, 0.3) is 0 Å². The second-order valence-corrected chi connectivity index (χ2v) is 3.98. The Bertz CT molecular complexity index is 500. The highest BCUT2D eigenvalue weighted by atomic mass is 16.5. The lowest BCUT2D eigenvalue weighted by Crippen LogP contribution is -2.40. The predicted octanol–water partition coefficient (Wildman–Crippen LogP) is 0.615. The van der Waals surface area contributed by atoms with Gasteiger partial charge in [0.25, 0.3) is 5.91 Å². The van der Waals surface area contributed by atoms with E-state index in [1.165, 1.54) is 4.90 Å². The molecule has 0 saturated heterocycles. The van der Waals surface area contributed by atoms with Crippen molar-refractivity contribution in [3.8, 4) is 11.5 Å². The Hall–Kier alpha value is -2.08. The predicted molar refractivity (Wildman–Crippen MR) is 67.9 cm³/mol. The Labute approximate surface area is 110 Å². The van der Waals surface area contributed by atoms with Crippen LogP contribution in [0, 0.1) is 0 Å². The van der Waals surface area contributed by atoms with Crippen LogP contribution in [0.4, 0.5) is 5.69 Å². The molecule has 6 heteroatoms. The maximum atomic E-state index is 11.8. The molecule has 1 heterocycles. The molecule has 0 aliphatic carbocycles. The summed E-state index contributed by atoms with van der Waals surface area (Å²) in [6.45, 7) is 2.13. The van der Waals surface area contributed by atoms with Gasteiger partial charge in [-0.05, 0) is 19.1 Å². The van der Waals surface area contributed by atoms with Crippen LogP contribution in [0.2, 0.25) is 0 Å². The Balaban J connectivity index is 2.52. The molecular formula is C13H15NO5. The molecule has 1 aromatic carbocycles. The van der Waals surface area contributed by atoms with Gasteiger partial charge in [-0.2, -0.15) is 0 Å². The lowest BCUT2D eigenvalue weighted by atomic mass is 10.1. The number of benzene rings is 1. The largest absolute Gasteiger partial charge is 0.490 e. The molecular weight excluding hydrogens is 250 g/mol. The Morgan fingerprint density at radius 2 is 2.32 bits per heavy atom. The van der Waals surface area contributed by atoms with Crippen LogP contribution >= 0.6 is 0 Å². The fourth-order valence-electron chi connectivity index (χ4n) is 1.98. The Kier molecular flexibility index (Phi) is 4.01. The molecule has 0 fully saturated rings. The fraction of sp³-hybridized carbons (Fsp3) is 0.385. The van der Waals surface area contributed by atoms with Crippen LogP contribution in [0.3, 0.4) is 0 Å². The molecule has 0 radical (unpaired) electrons. The summed E-state index contributed by atoms with van der Waals surface area (Å²) in [5.41, 5.74) is 0.849. The molecule has 0 bridgehead atoms. The molecule has 1 N–H and O–H groups in total. The zero-order chi connectivity index (χ0) is 13.8. The van der Waals surface area contributed by atoms with Crippen molar-refractivity contribution in [2.45, 2.75) is 6.92 Å². The monoisotopic (exact) mass is 265 g/mol. The number of aldehydes is 1. The molecule has 1 aliphatic rings. The number of carbonyl (C=O) groups is 2. The zero-order valence-corrected chi connectivity index (χ0v) is 10.6. The highest BCUT2D eigenvalue weighted by Gasteiger charge is 2.28. The second kappa shape index (κ2) is 5.71. The minimum atomic E-state index is -0.257. The molecule has 6 nitrogen and oxygen atoms in total. The first-order valence-corrected chi connectivity index (χ1v) is 6.01. The van der Waals surface area contributed by atoms with Crippen molar-refractivity contribution in [1.82, 2.24) is 0 Å². The van der Waals surface area contributed by atoms with Crippen LogP contribution in [0.15, 0.2) is 12.1 Å². The topological polar surface area (TPSA) is 76.1 Å². The smallest absolute Gasteiger partial charge is 0.265 e. The number of hydrogen-bond acceptors (Lipinski definition) is 5. The summed E-state index contributed by atoms with van der Waals surface area (Å²) in [4.78, 5) is 24.1. The van der Waals surface area contributed by atoms with Crippen molar-refractivity contribution in [2.24, 2.45) is 0 Å². The number of rotatable bonds is 5. The van der Waals surface area contributed by atoms with Crippen LogP contribution in [0.1, 0.15) is 17.3 Å². The van der Waals surface area contributed by atoms with Crippen LogP contribution in [-0.2, 0) is 4.79 Å². The summed E-state index contributed by atoms with van der Waals surface area (Å²) >= 11 is 0. The Morgan fingerprint density at radius 1 is 1.53 bits per heavy atom. The summed E-state index contributed by atoms with van der Waals surface area (Å²) in [5.74, 6) is 0.602. The molecule has 102 valence electrons. The van der Waals surface area contributed by atoms with E-state index >= 15 is 0 Å². The van der Waals surface area contributed by atoms with Crippen molar-refractivity contribution in [3.63, 3.8) is 0 Å².